The molecule has 4 atom stereocenters. The molecule has 0 aromatic rings. The van der Waals surface area contributed by atoms with Crippen molar-refractivity contribution >= 4 is 22.6 Å². The first-order chi connectivity index (χ1) is 5.69. The molecular formula is C7H13IO4. The van der Waals surface area contributed by atoms with Gasteiger partial charge in [0.05, 0.1) is 12.2 Å². The largest absolute Gasteiger partial charge is 0.390 e. The van der Waals surface area contributed by atoms with Gasteiger partial charge in [0.1, 0.15) is 6.10 Å². The Bertz CT molecular complexity index is 143. The molecule has 0 spiro atoms. The minimum atomic E-state index is -0.784. The zero-order valence-electron chi connectivity index (χ0n) is 6.81. The summed E-state index contributed by atoms with van der Waals surface area (Å²) in [6.45, 7) is 0. The van der Waals surface area contributed by atoms with Crippen molar-refractivity contribution in [1.82, 2.24) is 0 Å². The van der Waals surface area contributed by atoms with E-state index in [4.69, 9.17) is 9.47 Å². The summed E-state index contributed by atoms with van der Waals surface area (Å²) in [5.41, 5.74) is 0. The highest BCUT2D eigenvalue weighted by atomic mass is 127. The van der Waals surface area contributed by atoms with Crippen LogP contribution in [-0.4, -0.2) is 46.4 Å². The second-order valence-corrected chi connectivity index (χ2v) is 3.67. The summed E-state index contributed by atoms with van der Waals surface area (Å²) in [6.07, 6.45) is -1.88. The van der Waals surface area contributed by atoms with Crippen LogP contribution in [0.3, 0.4) is 0 Å². The monoisotopic (exact) mass is 288 g/mol. The van der Waals surface area contributed by atoms with Crippen molar-refractivity contribution in [3.05, 3.63) is 0 Å². The Morgan fingerprint density at radius 2 is 2.25 bits per heavy atom. The summed E-state index contributed by atoms with van der Waals surface area (Å²) in [7, 11) is 1.53. The molecular weight excluding hydrogens is 275 g/mol. The number of alkyl halides is 1. The van der Waals surface area contributed by atoms with Crippen molar-refractivity contribution in [1.29, 1.82) is 0 Å². The van der Waals surface area contributed by atoms with Crippen molar-refractivity contribution in [2.45, 2.75) is 31.0 Å². The third kappa shape index (κ3) is 2.29. The van der Waals surface area contributed by atoms with Gasteiger partial charge in [-0.25, -0.2) is 0 Å². The molecule has 1 heterocycles. The zero-order chi connectivity index (χ0) is 9.14. The van der Waals surface area contributed by atoms with E-state index < -0.39 is 12.2 Å². The predicted octanol–water partition coefficient (Wildman–Crippen LogP) is -0.0954. The molecule has 1 unspecified atom stereocenters. The smallest absolute Gasteiger partial charge is 0.160 e. The Morgan fingerprint density at radius 1 is 1.58 bits per heavy atom. The van der Waals surface area contributed by atoms with Crippen molar-refractivity contribution in [3.63, 3.8) is 0 Å². The molecule has 1 rings (SSSR count). The Balaban J connectivity index is 2.52. The number of aliphatic hydroxyl groups excluding tert-OH is 2. The predicted molar refractivity (Wildman–Crippen MR) is 51.2 cm³/mol. The quantitative estimate of drug-likeness (QED) is 0.550. The van der Waals surface area contributed by atoms with Gasteiger partial charge in [-0.05, 0) is 0 Å². The molecule has 0 bridgehead atoms. The van der Waals surface area contributed by atoms with Crippen LogP contribution in [-0.2, 0) is 9.47 Å². The maximum atomic E-state index is 9.42. The van der Waals surface area contributed by atoms with Crippen molar-refractivity contribution < 1.29 is 19.7 Å². The highest BCUT2D eigenvalue weighted by Gasteiger charge is 2.35. The van der Waals surface area contributed by atoms with E-state index in [0.29, 0.717) is 10.8 Å². The topological polar surface area (TPSA) is 58.9 Å². The highest BCUT2D eigenvalue weighted by Crippen LogP contribution is 2.21. The van der Waals surface area contributed by atoms with Gasteiger partial charge >= 0.3 is 0 Å². The van der Waals surface area contributed by atoms with Gasteiger partial charge in [-0.3, -0.25) is 0 Å². The zero-order valence-corrected chi connectivity index (χ0v) is 8.97. The first-order valence-electron chi connectivity index (χ1n) is 3.79. The first-order valence-corrected chi connectivity index (χ1v) is 5.32. The van der Waals surface area contributed by atoms with E-state index in [1.165, 1.54) is 7.11 Å². The average Bonchev–Trinajstić information content (AvgIpc) is 2.09. The van der Waals surface area contributed by atoms with Crippen LogP contribution in [0.1, 0.15) is 6.42 Å². The molecule has 2 N–H and O–H groups in total. The number of ether oxygens (including phenoxy) is 2. The molecule has 0 radical (unpaired) electrons. The minimum Gasteiger partial charge on any atom is -0.390 e. The molecule has 4 nitrogen and oxygen atoms in total. The summed E-state index contributed by atoms with van der Waals surface area (Å²) < 4.78 is 10.9. The van der Waals surface area contributed by atoms with Crippen molar-refractivity contribution in [2.24, 2.45) is 0 Å². The second kappa shape index (κ2) is 4.71. The van der Waals surface area contributed by atoms with Crippen LogP contribution in [0.4, 0.5) is 0 Å². The van der Waals surface area contributed by atoms with Gasteiger partial charge in [0.2, 0.25) is 0 Å². The lowest BCUT2D eigenvalue weighted by Gasteiger charge is -2.35. The molecule has 1 aliphatic rings. The minimum absolute atomic E-state index is 0.320. The van der Waals surface area contributed by atoms with Gasteiger partial charge in [-0.2, -0.15) is 0 Å². The molecule has 0 saturated carbocycles. The van der Waals surface area contributed by atoms with E-state index in [9.17, 15) is 10.2 Å². The third-order valence-corrected chi connectivity index (χ3v) is 2.82. The van der Waals surface area contributed by atoms with Crippen LogP contribution in [0.5, 0.6) is 0 Å². The van der Waals surface area contributed by atoms with Gasteiger partial charge < -0.3 is 19.7 Å². The van der Waals surface area contributed by atoms with Crippen LogP contribution in [0.25, 0.3) is 0 Å². The number of halogens is 1. The molecule has 72 valence electrons. The number of aliphatic hydroxyl groups is 2. The standard InChI is InChI=1S/C7H13IO4/c1-11-6-2-4(9)7(10)5(3-8)12-6/h4-7,9-10H,2-3H2,1H3/t4-,5-,6?,7-/m1/s1. The lowest BCUT2D eigenvalue weighted by atomic mass is 10.0. The van der Waals surface area contributed by atoms with Crippen LogP contribution >= 0.6 is 22.6 Å². The van der Waals surface area contributed by atoms with Crippen molar-refractivity contribution in [3.8, 4) is 0 Å². The number of methoxy groups -OCH3 is 1. The molecule has 1 aliphatic heterocycles. The third-order valence-electron chi connectivity index (χ3n) is 1.95. The lowest BCUT2D eigenvalue weighted by Crippen LogP contribution is -2.49. The molecule has 0 aromatic carbocycles. The fourth-order valence-electron chi connectivity index (χ4n) is 1.19. The summed E-state index contributed by atoms with van der Waals surface area (Å²) in [4.78, 5) is 0. The van der Waals surface area contributed by atoms with Crippen LogP contribution in [0.15, 0.2) is 0 Å². The summed E-state index contributed by atoms with van der Waals surface area (Å²) in [6, 6.07) is 0. The molecule has 5 heteroatoms. The van der Waals surface area contributed by atoms with Crippen molar-refractivity contribution in [2.75, 3.05) is 11.5 Å². The van der Waals surface area contributed by atoms with E-state index >= 15 is 0 Å². The SMILES string of the molecule is COC1C[C@@H](O)[C@@H](O)[C@@H](CI)O1. The Hall–Kier alpha value is 0.570. The number of hydrogen-bond donors (Lipinski definition) is 2. The van der Waals surface area contributed by atoms with E-state index in [2.05, 4.69) is 22.6 Å². The fraction of sp³-hybridized carbons (Fsp3) is 1.00. The van der Waals surface area contributed by atoms with Crippen LogP contribution < -0.4 is 0 Å². The van der Waals surface area contributed by atoms with E-state index in [1.54, 1.807) is 0 Å². The van der Waals surface area contributed by atoms with Gasteiger partial charge in [0.25, 0.3) is 0 Å². The average molecular weight is 288 g/mol. The molecule has 1 fully saturated rings. The Labute approximate surface area is 85.0 Å². The maximum absolute atomic E-state index is 9.42. The van der Waals surface area contributed by atoms with E-state index in [1.807, 2.05) is 0 Å². The van der Waals surface area contributed by atoms with E-state index in [0.717, 1.165) is 0 Å². The summed E-state index contributed by atoms with van der Waals surface area (Å²) >= 11 is 2.11. The van der Waals surface area contributed by atoms with E-state index in [-0.39, 0.29) is 12.4 Å². The summed E-state index contributed by atoms with van der Waals surface area (Å²) in [5, 5.41) is 18.8. The molecule has 0 aromatic heterocycles. The number of hydrogen-bond acceptors (Lipinski definition) is 4. The van der Waals surface area contributed by atoms with Gasteiger partial charge in [-0.15, -0.1) is 0 Å². The summed E-state index contributed by atoms with van der Waals surface area (Å²) in [5.74, 6) is 0. The fourth-order valence-corrected chi connectivity index (χ4v) is 1.92. The van der Waals surface area contributed by atoms with Gasteiger partial charge in [0, 0.05) is 18.0 Å². The first kappa shape index (κ1) is 10.6. The number of rotatable bonds is 2. The van der Waals surface area contributed by atoms with Crippen LogP contribution in [0.2, 0.25) is 0 Å². The van der Waals surface area contributed by atoms with Gasteiger partial charge in [0.15, 0.2) is 6.29 Å². The molecule has 1 saturated heterocycles. The second-order valence-electron chi connectivity index (χ2n) is 2.79. The highest BCUT2D eigenvalue weighted by molar-refractivity contribution is 14.1. The van der Waals surface area contributed by atoms with Crippen LogP contribution in [0, 0.1) is 0 Å². The Kier molecular flexibility index (Phi) is 4.18. The van der Waals surface area contributed by atoms with Gasteiger partial charge in [-0.1, -0.05) is 22.6 Å². The maximum Gasteiger partial charge on any atom is 0.160 e. The molecule has 0 aliphatic carbocycles. The molecule has 12 heavy (non-hydrogen) atoms. The lowest BCUT2D eigenvalue weighted by molar-refractivity contribution is -0.235. The normalized spacial score (nSPS) is 43.0. The molecule has 0 amide bonds. The Morgan fingerprint density at radius 3 is 2.75 bits per heavy atom.